The molecule has 30 heavy (non-hydrogen) atoms. The Labute approximate surface area is 186 Å². The van der Waals surface area contributed by atoms with E-state index in [1.807, 2.05) is 54.6 Å². The molecule has 156 valence electrons. The summed E-state index contributed by atoms with van der Waals surface area (Å²) in [6.07, 6.45) is 3.93. The third kappa shape index (κ3) is 4.86. The van der Waals surface area contributed by atoms with Crippen LogP contribution in [0, 0.1) is 0 Å². The van der Waals surface area contributed by atoms with Crippen molar-refractivity contribution in [2.24, 2.45) is 0 Å². The summed E-state index contributed by atoms with van der Waals surface area (Å²) in [5, 5.41) is 0. The fourth-order valence-electron chi connectivity index (χ4n) is 3.43. The topological polar surface area (TPSA) is 48.0 Å². The highest BCUT2D eigenvalue weighted by Crippen LogP contribution is 2.35. The minimum atomic E-state index is -0.0659. The summed E-state index contributed by atoms with van der Waals surface area (Å²) >= 11 is 6.75. The van der Waals surface area contributed by atoms with Gasteiger partial charge in [0, 0.05) is 6.61 Å². The van der Waals surface area contributed by atoms with Crippen molar-refractivity contribution in [3.8, 4) is 11.5 Å². The summed E-state index contributed by atoms with van der Waals surface area (Å²) in [4.78, 5) is 15.1. The van der Waals surface area contributed by atoms with Gasteiger partial charge in [-0.1, -0.05) is 60.4 Å². The lowest BCUT2D eigenvalue weighted by Gasteiger charge is -2.18. The lowest BCUT2D eigenvalue weighted by Crippen LogP contribution is -2.35. The van der Waals surface area contributed by atoms with E-state index in [0.29, 0.717) is 33.9 Å². The Morgan fingerprint density at radius 1 is 1.23 bits per heavy atom. The van der Waals surface area contributed by atoms with Gasteiger partial charge in [0.25, 0.3) is 5.91 Å². The molecule has 2 aliphatic rings. The predicted octanol–water partition coefficient (Wildman–Crippen LogP) is 4.65. The molecule has 2 fully saturated rings. The van der Waals surface area contributed by atoms with Crippen LogP contribution in [-0.4, -0.2) is 41.5 Å². The predicted molar refractivity (Wildman–Crippen MR) is 123 cm³/mol. The van der Waals surface area contributed by atoms with E-state index in [-0.39, 0.29) is 12.0 Å². The summed E-state index contributed by atoms with van der Waals surface area (Å²) in [6, 6.07) is 15.6. The number of ether oxygens (including phenoxy) is 3. The number of hydrogen-bond donors (Lipinski definition) is 0. The second-order valence-electron chi connectivity index (χ2n) is 7.11. The first-order valence-corrected chi connectivity index (χ1v) is 11.1. The van der Waals surface area contributed by atoms with Crippen molar-refractivity contribution >= 4 is 40.3 Å². The highest BCUT2D eigenvalue weighted by molar-refractivity contribution is 8.26. The summed E-state index contributed by atoms with van der Waals surface area (Å²) in [5.74, 6) is 1.21. The summed E-state index contributed by atoms with van der Waals surface area (Å²) < 4.78 is 17.6. The Hall–Kier alpha value is -2.35. The molecule has 0 bridgehead atoms. The number of methoxy groups -OCH3 is 1. The number of carbonyl (C=O) groups is 1. The maximum atomic E-state index is 12.8. The molecular formula is C23H23NO4S2. The van der Waals surface area contributed by atoms with Crippen molar-refractivity contribution in [2.75, 3.05) is 20.3 Å². The van der Waals surface area contributed by atoms with E-state index >= 15 is 0 Å². The van der Waals surface area contributed by atoms with Crippen LogP contribution < -0.4 is 9.47 Å². The van der Waals surface area contributed by atoms with Crippen molar-refractivity contribution in [2.45, 2.75) is 25.6 Å². The molecule has 2 aromatic carbocycles. The van der Waals surface area contributed by atoms with E-state index in [0.717, 1.165) is 30.6 Å². The van der Waals surface area contributed by atoms with Gasteiger partial charge in [0.05, 0.1) is 24.7 Å². The van der Waals surface area contributed by atoms with Crippen LogP contribution in [0.15, 0.2) is 53.4 Å². The lowest BCUT2D eigenvalue weighted by atomic mass is 10.1. The van der Waals surface area contributed by atoms with E-state index in [1.54, 1.807) is 12.0 Å². The number of thioether (sulfide) groups is 1. The highest BCUT2D eigenvalue weighted by atomic mass is 32.2. The molecule has 2 aliphatic heterocycles. The Balaban J connectivity index is 1.46. The molecule has 1 unspecified atom stereocenters. The molecule has 2 heterocycles. The first-order valence-electron chi connectivity index (χ1n) is 9.86. The van der Waals surface area contributed by atoms with Gasteiger partial charge in [-0.15, -0.1) is 0 Å². The van der Waals surface area contributed by atoms with E-state index in [9.17, 15) is 4.79 Å². The minimum Gasteiger partial charge on any atom is -0.493 e. The van der Waals surface area contributed by atoms with Gasteiger partial charge in [-0.3, -0.25) is 9.69 Å². The lowest BCUT2D eigenvalue weighted by molar-refractivity contribution is -0.123. The molecule has 2 aromatic rings. The van der Waals surface area contributed by atoms with Gasteiger partial charge in [0.2, 0.25) is 0 Å². The number of benzene rings is 2. The van der Waals surface area contributed by atoms with Crippen LogP contribution >= 0.6 is 24.0 Å². The van der Waals surface area contributed by atoms with E-state index in [1.165, 1.54) is 11.8 Å². The van der Waals surface area contributed by atoms with Crippen LogP contribution in [0.3, 0.4) is 0 Å². The van der Waals surface area contributed by atoms with Gasteiger partial charge in [0.1, 0.15) is 10.9 Å². The van der Waals surface area contributed by atoms with E-state index in [2.05, 4.69) is 0 Å². The zero-order chi connectivity index (χ0) is 20.9. The van der Waals surface area contributed by atoms with E-state index in [4.69, 9.17) is 26.4 Å². The molecule has 0 radical (unpaired) electrons. The number of thiocarbonyl (C=S) groups is 1. The molecule has 0 spiro atoms. The van der Waals surface area contributed by atoms with Crippen LogP contribution in [0.2, 0.25) is 0 Å². The number of rotatable bonds is 7. The van der Waals surface area contributed by atoms with Gasteiger partial charge < -0.3 is 14.2 Å². The summed E-state index contributed by atoms with van der Waals surface area (Å²) in [6.45, 7) is 1.74. The molecule has 0 N–H and O–H groups in total. The van der Waals surface area contributed by atoms with Gasteiger partial charge in [-0.25, -0.2) is 0 Å². The number of hydrogen-bond acceptors (Lipinski definition) is 6. The monoisotopic (exact) mass is 441 g/mol. The molecule has 2 saturated heterocycles. The van der Waals surface area contributed by atoms with Crippen molar-refractivity contribution in [3.63, 3.8) is 0 Å². The average Bonchev–Trinajstić information content (AvgIpc) is 3.37. The zero-order valence-electron chi connectivity index (χ0n) is 16.7. The van der Waals surface area contributed by atoms with Crippen molar-refractivity contribution in [3.05, 3.63) is 64.6 Å². The Morgan fingerprint density at radius 2 is 2.07 bits per heavy atom. The average molecular weight is 442 g/mol. The van der Waals surface area contributed by atoms with Crippen molar-refractivity contribution in [1.82, 2.24) is 4.90 Å². The van der Waals surface area contributed by atoms with Crippen LogP contribution in [0.4, 0.5) is 0 Å². The third-order valence-electron chi connectivity index (χ3n) is 5.01. The third-order valence-corrected chi connectivity index (χ3v) is 6.38. The first kappa shape index (κ1) is 20.9. The second-order valence-corrected chi connectivity index (χ2v) is 8.79. The van der Waals surface area contributed by atoms with Gasteiger partial charge >= 0.3 is 0 Å². The van der Waals surface area contributed by atoms with Crippen LogP contribution in [-0.2, 0) is 16.1 Å². The Morgan fingerprint density at radius 3 is 2.80 bits per heavy atom. The number of nitrogens with zero attached hydrogens (tertiary/aromatic N) is 1. The van der Waals surface area contributed by atoms with Gasteiger partial charge in [0.15, 0.2) is 11.5 Å². The Bertz CT molecular complexity index is 955. The largest absolute Gasteiger partial charge is 0.493 e. The second kappa shape index (κ2) is 9.64. The zero-order valence-corrected chi connectivity index (χ0v) is 18.3. The highest BCUT2D eigenvalue weighted by Gasteiger charge is 2.34. The number of carbonyl (C=O) groups excluding carboxylic acids is 1. The smallest absolute Gasteiger partial charge is 0.266 e. The quantitative estimate of drug-likeness (QED) is 0.460. The summed E-state index contributed by atoms with van der Waals surface area (Å²) in [7, 11) is 1.61. The molecule has 1 atom stereocenters. The van der Waals surface area contributed by atoms with Gasteiger partial charge in [-0.2, -0.15) is 0 Å². The molecule has 5 nitrogen and oxygen atoms in total. The van der Waals surface area contributed by atoms with Crippen LogP contribution in [0.25, 0.3) is 6.08 Å². The molecule has 1 amide bonds. The molecule has 0 saturated carbocycles. The molecule has 0 aromatic heterocycles. The fraction of sp³-hybridized carbons (Fsp3) is 0.304. The maximum absolute atomic E-state index is 12.8. The molecule has 4 rings (SSSR count). The van der Waals surface area contributed by atoms with Crippen LogP contribution in [0.1, 0.15) is 24.0 Å². The Kier molecular flexibility index (Phi) is 6.72. The van der Waals surface area contributed by atoms with Crippen molar-refractivity contribution in [1.29, 1.82) is 0 Å². The van der Waals surface area contributed by atoms with Crippen molar-refractivity contribution < 1.29 is 19.0 Å². The van der Waals surface area contributed by atoms with E-state index < -0.39 is 0 Å². The SMILES string of the molecule is COc1cc(/C=C2\SC(=S)N(CC3CCCO3)C2=O)ccc1OCc1ccccc1. The number of amides is 1. The standard InChI is InChI=1S/C23H23NO4S2/c1-26-20-12-17(9-10-19(20)28-15-16-6-3-2-4-7-16)13-21-22(25)24(23(29)30-21)14-18-8-5-11-27-18/h2-4,6-7,9-10,12-13,18H,5,8,11,14-15H2,1H3/b21-13-. The molecule has 7 heteroatoms. The maximum Gasteiger partial charge on any atom is 0.266 e. The van der Waals surface area contributed by atoms with Gasteiger partial charge in [-0.05, 0) is 42.2 Å². The minimum absolute atomic E-state index is 0.0659. The normalized spacial score (nSPS) is 20.2. The molecule has 0 aliphatic carbocycles. The summed E-state index contributed by atoms with van der Waals surface area (Å²) in [5.41, 5.74) is 1.94. The van der Waals surface area contributed by atoms with Crippen LogP contribution in [0.5, 0.6) is 11.5 Å². The first-order chi connectivity index (χ1) is 14.6. The fourth-order valence-corrected chi connectivity index (χ4v) is 4.70. The molecular weight excluding hydrogens is 418 g/mol.